The van der Waals surface area contributed by atoms with E-state index in [0.29, 0.717) is 11.3 Å². The van der Waals surface area contributed by atoms with Crippen molar-refractivity contribution in [3.8, 4) is 0 Å². The quantitative estimate of drug-likeness (QED) is 0.824. The predicted octanol–water partition coefficient (Wildman–Crippen LogP) is 3.49. The number of nitrogens with zero attached hydrogens (tertiary/aromatic N) is 1. The zero-order chi connectivity index (χ0) is 20.2. The fourth-order valence-electron chi connectivity index (χ4n) is 2.87. The molecular formula is C21H28N2O3S. The van der Waals surface area contributed by atoms with E-state index in [4.69, 9.17) is 0 Å². The number of hydrogen-bond acceptors (Lipinski definition) is 3. The van der Waals surface area contributed by atoms with Crippen LogP contribution in [0.2, 0.25) is 0 Å². The van der Waals surface area contributed by atoms with Crippen molar-refractivity contribution in [3.63, 3.8) is 0 Å². The van der Waals surface area contributed by atoms with E-state index in [1.807, 2.05) is 64.1 Å². The number of benzene rings is 2. The van der Waals surface area contributed by atoms with Crippen molar-refractivity contribution in [3.05, 3.63) is 65.2 Å². The Morgan fingerprint density at radius 2 is 1.63 bits per heavy atom. The minimum atomic E-state index is -3.49. The second kappa shape index (κ2) is 8.13. The molecule has 1 N–H and O–H groups in total. The molecule has 0 unspecified atom stereocenters. The van der Waals surface area contributed by atoms with Gasteiger partial charge in [-0.15, -0.1) is 0 Å². The van der Waals surface area contributed by atoms with Crippen LogP contribution >= 0.6 is 0 Å². The number of hydrogen-bond donors (Lipinski definition) is 1. The molecule has 2 rings (SSSR count). The molecule has 0 aliphatic heterocycles. The van der Waals surface area contributed by atoms with Crippen molar-refractivity contribution in [2.75, 3.05) is 23.7 Å². The number of rotatable bonds is 6. The van der Waals surface area contributed by atoms with Gasteiger partial charge in [0.1, 0.15) is 0 Å². The van der Waals surface area contributed by atoms with Crippen LogP contribution in [0.25, 0.3) is 0 Å². The Bertz CT molecular complexity index is 898. The molecule has 5 nitrogen and oxygen atoms in total. The Labute approximate surface area is 162 Å². The third-order valence-electron chi connectivity index (χ3n) is 4.30. The van der Waals surface area contributed by atoms with Crippen molar-refractivity contribution in [2.24, 2.45) is 0 Å². The number of nitrogens with one attached hydrogen (secondary N) is 1. The first kappa shape index (κ1) is 21.0. The molecule has 0 aliphatic carbocycles. The zero-order valence-corrected chi connectivity index (χ0v) is 17.4. The van der Waals surface area contributed by atoms with Crippen LogP contribution in [0.1, 0.15) is 42.3 Å². The lowest BCUT2D eigenvalue weighted by Crippen LogP contribution is -2.39. The topological polar surface area (TPSA) is 66.5 Å². The molecule has 0 fully saturated rings. The number of carbonyl (C=O) groups excluding carboxylic acids is 1. The summed E-state index contributed by atoms with van der Waals surface area (Å²) < 4.78 is 26.2. The van der Waals surface area contributed by atoms with Gasteiger partial charge in [0, 0.05) is 12.1 Å². The summed E-state index contributed by atoms with van der Waals surface area (Å²) in [5.41, 5.74) is 3.03. The maximum atomic E-state index is 12.4. The fraction of sp³-hybridized carbons (Fsp3) is 0.381. The van der Waals surface area contributed by atoms with Gasteiger partial charge in [-0.3, -0.25) is 9.10 Å². The fourth-order valence-corrected chi connectivity index (χ4v) is 3.81. The normalized spacial score (nSPS) is 11.9. The van der Waals surface area contributed by atoms with Crippen molar-refractivity contribution < 1.29 is 13.2 Å². The molecule has 27 heavy (non-hydrogen) atoms. The van der Waals surface area contributed by atoms with Crippen LogP contribution in [-0.2, 0) is 15.4 Å². The smallest absolute Gasteiger partial charge is 0.251 e. The van der Waals surface area contributed by atoms with Gasteiger partial charge in [0.15, 0.2) is 0 Å². The lowest BCUT2D eigenvalue weighted by molar-refractivity contribution is 0.0955. The molecule has 0 bridgehead atoms. The molecule has 1 amide bonds. The van der Waals surface area contributed by atoms with Crippen LogP contribution in [-0.4, -0.2) is 33.7 Å². The van der Waals surface area contributed by atoms with E-state index in [1.165, 1.54) is 10.6 Å². The highest BCUT2D eigenvalue weighted by Crippen LogP contribution is 2.32. The highest BCUT2D eigenvalue weighted by atomic mass is 32.2. The first-order valence-electron chi connectivity index (χ1n) is 8.92. The van der Waals surface area contributed by atoms with Gasteiger partial charge in [-0.1, -0.05) is 56.7 Å². The van der Waals surface area contributed by atoms with Crippen molar-refractivity contribution in [1.82, 2.24) is 5.32 Å². The Kier molecular flexibility index (Phi) is 6.31. The van der Waals surface area contributed by atoms with E-state index in [9.17, 15) is 13.2 Å². The molecule has 2 aromatic rings. The second-order valence-corrected chi connectivity index (χ2v) is 9.63. The number of carbonyl (C=O) groups is 1. The summed E-state index contributed by atoms with van der Waals surface area (Å²) in [5, 5.41) is 2.80. The van der Waals surface area contributed by atoms with Crippen LogP contribution < -0.4 is 9.62 Å². The Hall–Kier alpha value is -2.34. The molecule has 0 heterocycles. The molecule has 0 spiro atoms. The van der Waals surface area contributed by atoms with E-state index in [-0.39, 0.29) is 24.4 Å². The molecule has 0 radical (unpaired) electrons. The first-order valence-corrected chi connectivity index (χ1v) is 10.8. The lowest BCUT2D eigenvalue weighted by Gasteiger charge is -2.30. The van der Waals surface area contributed by atoms with E-state index in [2.05, 4.69) is 5.32 Å². The van der Waals surface area contributed by atoms with Crippen LogP contribution in [0.4, 0.5) is 5.69 Å². The minimum absolute atomic E-state index is 0.170. The summed E-state index contributed by atoms with van der Waals surface area (Å²) in [7, 11) is -3.49. The average Bonchev–Trinajstić information content (AvgIpc) is 2.57. The number of anilines is 1. The Morgan fingerprint density at radius 1 is 1.04 bits per heavy atom. The molecule has 0 atom stereocenters. The summed E-state index contributed by atoms with van der Waals surface area (Å²) in [6, 6.07) is 14.7. The lowest BCUT2D eigenvalue weighted by atomic mass is 9.86. The highest BCUT2D eigenvalue weighted by molar-refractivity contribution is 7.92. The first-order chi connectivity index (χ1) is 12.5. The predicted molar refractivity (Wildman–Crippen MR) is 111 cm³/mol. The third kappa shape index (κ3) is 5.57. The molecule has 6 heteroatoms. The van der Waals surface area contributed by atoms with Crippen LogP contribution in [0, 0.1) is 6.92 Å². The maximum absolute atomic E-state index is 12.4. The van der Waals surface area contributed by atoms with E-state index in [0.717, 1.165) is 11.1 Å². The summed E-state index contributed by atoms with van der Waals surface area (Å²) in [6.45, 7) is 8.49. The average molecular weight is 389 g/mol. The number of amides is 1. The van der Waals surface area contributed by atoms with Gasteiger partial charge in [-0.25, -0.2) is 8.42 Å². The van der Waals surface area contributed by atoms with Crippen molar-refractivity contribution in [1.29, 1.82) is 0 Å². The zero-order valence-electron chi connectivity index (χ0n) is 16.6. The van der Waals surface area contributed by atoms with Crippen molar-refractivity contribution in [2.45, 2.75) is 33.1 Å². The summed E-state index contributed by atoms with van der Waals surface area (Å²) in [6.07, 6.45) is 1.19. The highest BCUT2D eigenvalue weighted by Gasteiger charge is 2.25. The summed E-state index contributed by atoms with van der Waals surface area (Å²) in [4.78, 5) is 12.3. The van der Waals surface area contributed by atoms with E-state index >= 15 is 0 Å². The summed E-state index contributed by atoms with van der Waals surface area (Å²) in [5.74, 6) is -0.215. The SMILES string of the molecule is Cc1ccc(C(=O)NCCN(c2ccccc2C(C)(C)C)S(C)(=O)=O)cc1. The van der Waals surface area contributed by atoms with Gasteiger partial charge in [-0.05, 0) is 36.1 Å². The summed E-state index contributed by atoms with van der Waals surface area (Å²) >= 11 is 0. The maximum Gasteiger partial charge on any atom is 0.251 e. The van der Waals surface area contributed by atoms with Gasteiger partial charge >= 0.3 is 0 Å². The second-order valence-electron chi connectivity index (χ2n) is 7.72. The minimum Gasteiger partial charge on any atom is -0.350 e. The van der Waals surface area contributed by atoms with Crippen molar-refractivity contribution >= 4 is 21.6 Å². The van der Waals surface area contributed by atoms with Crippen LogP contribution in [0.5, 0.6) is 0 Å². The van der Waals surface area contributed by atoms with E-state index in [1.54, 1.807) is 12.1 Å². The molecule has 0 aliphatic rings. The molecule has 0 aromatic heterocycles. The number of aryl methyl sites for hydroxylation is 1. The molecule has 0 saturated heterocycles. The largest absolute Gasteiger partial charge is 0.350 e. The van der Waals surface area contributed by atoms with Gasteiger partial charge in [0.05, 0.1) is 18.5 Å². The number of para-hydroxylation sites is 1. The van der Waals surface area contributed by atoms with Crippen LogP contribution in [0.3, 0.4) is 0 Å². The number of sulfonamides is 1. The Morgan fingerprint density at radius 3 is 2.19 bits per heavy atom. The monoisotopic (exact) mass is 388 g/mol. The standard InChI is InChI=1S/C21H28N2O3S/c1-16-10-12-17(13-11-16)20(24)22-14-15-23(27(5,25)26)19-9-7-6-8-18(19)21(2,3)4/h6-13H,14-15H2,1-5H3,(H,22,24). The molecular weight excluding hydrogens is 360 g/mol. The van der Waals surface area contributed by atoms with Crippen LogP contribution in [0.15, 0.2) is 48.5 Å². The van der Waals surface area contributed by atoms with Gasteiger partial charge in [0.25, 0.3) is 5.91 Å². The molecule has 0 saturated carbocycles. The van der Waals surface area contributed by atoms with Gasteiger partial charge in [-0.2, -0.15) is 0 Å². The van der Waals surface area contributed by atoms with Gasteiger partial charge in [0.2, 0.25) is 10.0 Å². The molecule has 146 valence electrons. The third-order valence-corrected chi connectivity index (χ3v) is 5.48. The van der Waals surface area contributed by atoms with E-state index < -0.39 is 10.0 Å². The Balaban J connectivity index is 2.18. The molecule has 2 aromatic carbocycles. The van der Waals surface area contributed by atoms with Gasteiger partial charge < -0.3 is 5.32 Å².